The summed E-state index contributed by atoms with van der Waals surface area (Å²) in [5.74, 6) is 1.42. The summed E-state index contributed by atoms with van der Waals surface area (Å²) in [5.41, 5.74) is 4.49. The molecule has 0 saturated carbocycles. The second-order valence-corrected chi connectivity index (χ2v) is 10.5. The number of ether oxygens (including phenoxy) is 1. The van der Waals surface area contributed by atoms with Gasteiger partial charge in [-0.25, -0.2) is 4.98 Å². The Morgan fingerprint density at radius 2 is 1.89 bits per heavy atom. The van der Waals surface area contributed by atoms with Gasteiger partial charge >= 0.3 is 0 Å². The Balaban J connectivity index is 1.35. The van der Waals surface area contributed by atoms with Crippen molar-refractivity contribution in [3.05, 3.63) is 48.3 Å². The Bertz CT molecular complexity index is 1320. The minimum absolute atomic E-state index is 0.355. The molecule has 1 aromatic carbocycles. The Morgan fingerprint density at radius 1 is 1.09 bits per heavy atom. The fourth-order valence-corrected chi connectivity index (χ4v) is 5.57. The number of aliphatic hydroxyl groups is 1. The summed E-state index contributed by atoms with van der Waals surface area (Å²) in [6, 6.07) is 12.7. The van der Waals surface area contributed by atoms with Crippen LogP contribution < -0.4 is 4.90 Å². The van der Waals surface area contributed by atoms with Crippen LogP contribution in [0.15, 0.2) is 42.6 Å². The molecule has 0 aliphatic carbocycles. The van der Waals surface area contributed by atoms with Crippen molar-refractivity contribution < 1.29 is 9.84 Å². The lowest BCUT2D eigenvalue weighted by molar-refractivity contribution is -0.0137. The van der Waals surface area contributed by atoms with E-state index >= 15 is 0 Å². The topological polar surface area (TPSA) is 81.9 Å². The van der Waals surface area contributed by atoms with Crippen LogP contribution in [0.25, 0.3) is 27.8 Å². The van der Waals surface area contributed by atoms with Gasteiger partial charge in [0.1, 0.15) is 5.82 Å². The Labute approximate surface area is 205 Å². The number of nitrogens with one attached hydrogen (secondary N) is 1. The molecule has 0 amide bonds. The van der Waals surface area contributed by atoms with Crippen molar-refractivity contribution in [2.75, 3.05) is 44.3 Å². The first-order valence-electron chi connectivity index (χ1n) is 12.7. The van der Waals surface area contributed by atoms with E-state index in [1.807, 2.05) is 24.6 Å². The molecule has 0 unspecified atom stereocenters. The first-order valence-corrected chi connectivity index (χ1v) is 12.7. The van der Waals surface area contributed by atoms with Crippen molar-refractivity contribution in [3.8, 4) is 11.3 Å². The molecule has 184 valence electrons. The lowest BCUT2D eigenvalue weighted by Crippen LogP contribution is -2.41. The number of nitrogens with zero attached hydrogens (tertiary/aromatic N) is 5. The van der Waals surface area contributed by atoms with Crippen LogP contribution in [0.2, 0.25) is 0 Å². The van der Waals surface area contributed by atoms with Crippen LogP contribution in [0.5, 0.6) is 0 Å². The maximum Gasteiger partial charge on any atom is 0.158 e. The maximum absolute atomic E-state index is 10.4. The van der Waals surface area contributed by atoms with E-state index in [4.69, 9.17) is 14.8 Å². The minimum Gasteiger partial charge on any atom is -0.390 e. The van der Waals surface area contributed by atoms with Gasteiger partial charge in [0.15, 0.2) is 5.65 Å². The Hall–Kier alpha value is -2.94. The van der Waals surface area contributed by atoms with Gasteiger partial charge in [-0.3, -0.25) is 4.90 Å². The fourth-order valence-electron chi connectivity index (χ4n) is 5.57. The first-order chi connectivity index (χ1) is 17.0. The number of hydrogen-bond acceptors (Lipinski definition) is 6. The molecule has 8 nitrogen and oxygen atoms in total. The molecule has 0 radical (unpaired) electrons. The summed E-state index contributed by atoms with van der Waals surface area (Å²) in [6.07, 6.45) is 4.01. The van der Waals surface area contributed by atoms with Crippen LogP contribution in [0.3, 0.4) is 0 Å². The van der Waals surface area contributed by atoms with E-state index in [0.717, 1.165) is 92.7 Å². The van der Waals surface area contributed by atoms with E-state index in [1.54, 1.807) is 0 Å². The third-order valence-electron chi connectivity index (χ3n) is 7.64. The molecule has 0 bridgehead atoms. The SMILES string of the molecule is CC(C)(O)C1CCN(Cc2cc3nc(-c4cccc5[nH]ccc45)cc(N4CCOCC4)n3n2)CC1. The van der Waals surface area contributed by atoms with E-state index in [-0.39, 0.29) is 0 Å². The molecule has 2 fully saturated rings. The number of H-pyrrole nitrogens is 1. The summed E-state index contributed by atoms with van der Waals surface area (Å²) in [7, 11) is 0. The second-order valence-electron chi connectivity index (χ2n) is 10.5. The van der Waals surface area contributed by atoms with Gasteiger partial charge in [0.25, 0.3) is 0 Å². The zero-order chi connectivity index (χ0) is 24.0. The predicted octanol–water partition coefficient (Wildman–Crippen LogP) is 3.70. The number of aromatic amines is 1. The van der Waals surface area contributed by atoms with Crippen molar-refractivity contribution in [2.45, 2.75) is 38.8 Å². The number of benzene rings is 1. The van der Waals surface area contributed by atoms with E-state index < -0.39 is 5.60 Å². The van der Waals surface area contributed by atoms with Crippen LogP contribution in [-0.2, 0) is 11.3 Å². The molecular weight excluding hydrogens is 440 g/mol. The van der Waals surface area contributed by atoms with Crippen molar-refractivity contribution in [2.24, 2.45) is 5.92 Å². The van der Waals surface area contributed by atoms with Crippen LogP contribution in [-0.4, -0.2) is 74.6 Å². The highest BCUT2D eigenvalue weighted by molar-refractivity contribution is 5.94. The molecular formula is C27H34N6O2. The maximum atomic E-state index is 10.4. The number of rotatable bonds is 5. The normalized spacial score (nSPS) is 18.7. The number of piperidine rings is 1. The molecule has 2 N–H and O–H groups in total. The quantitative estimate of drug-likeness (QED) is 0.459. The van der Waals surface area contributed by atoms with Crippen LogP contribution in [0.1, 0.15) is 32.4 Å². The van der Waals surface area contributed by atoms with Gasteiger partial charge in [0, 0.05) is 54.4 Å². The van der Waals surface area contributed by atoms with Crippen LogP contribution in [0.4, 0.5) is 5.82 Å². The third kappa shape index (κ3) is 4.42. The molecule has 0 atom stereocenters. The van der Waals surface area contributed by atoms with Gasteiger partial charge in [0.2, 0.25) is 0 Å². The molecule has 2 aliphatic rings. The van der Waals surface area contributed by atoms with Gasteiger partial charge in [0.05, 0.1) is 30.2 Å². The van der Waals surface area contributed by atoms with Crippen molar-refractivity contribution in [1.29, 1.82) is 0 Å². The number of hydrogen-bond donors (Lipinski definition) is 2. The molecule has 3 aromatic heterocycles. The van der Waals surface area contributed by atoms with Crippen LogP contribution >= 0.6 is 0 Å². The molecule has 4 aromatic rings. The van der Waals surface area contributed by atoms with Crippen molar-refractivity contribution in [1.82, 2.24) is 24.5 Å². The van der Waals surface area contributed by atoms with Gasteiger partial charge < -0.3 is 19.7 Å². The van der Waals surface area contributed by atoms with Gasteiger partial charge in [-0.1, -0.05) is 12.1 Å². The zero-order valence-electron chi connectivity index (χ0n) is 20.6. The monoisotopic (exact) mass is 474 g/mol. The molecule has 2 saturated heterocycles. The average molecular weight is 475 g/mol. The highest BCUT2D eigenvalue weighted by atomic mass is 16.5. The van der Waals surface area contributed by atoms with Crippen molar-refractivity contribution in [3.63, 3.8) is 0 Å². The Morgan fingerprint density at radius 3 is 2.66 bits per heavy atom. The van der Waals surface area contributed by atoms with Crippen LogP contribution in [0, 0.1) is 5.92 Å². The minimum atomic E-state index is -0.606. The Kier molecular flexibility index (Phi) is 5.75. The lowest BCUT2D eigenvalue weighted by Gasteiger charge is -2.37. The second kappa shape index (κ2) is 8.93. The number of fused-ring (bicyclic) bond motifs is 2. The molecule has 5 heterocycles. The van der Waals surface area contributed by atoms with Gasteiger partial charge in [-0.2, -0.15) is 9.61 Å². The summed E-state index contributed by atoms with van der Waals surface area (Å²) >= 11 is 0. The molecule has 0 spiro atoms. The average Bonchev–Trinajstić information content (AvgIpc) is 3.50. The van der Waals surface area contributed by atoms with Gasteiger partial charge in [-0.15, -0.1) is 0 Å². The highest BCUT2D eigenvalue weighted by Crippen LogP contribution is 2.32. The van der Waals surface area contributed by atoms with E-state index in [1.165, 1.54) is 5.39 Å². The van der Waals surface area contributed by atoms with E-state index in [2.05, 4.69) is 51.2 Å². The lowest BCUT2D eigenvalue weighted by atomic mass is 9.83. The first kappa shape index (κ1) is 22.5. The van der Waals surface area contributed by atoms with E-state index in [0.29, 0.717) is 5.92 Å². The molecule has 8 heteroatoms. The number of aromatic nitrogens is 4. The predicted molar refractivity (Wildman–Crippen MR) is 138 cm³/mol. The van der Waals surface area contributed by atoms with Crippen molar-refractivity contribution >= 4 is 22.4 Å². The molecule has 6 rings (SSSR count). The van der Waals surface area contributed by atoms with Gasteiger partial charge in [-0.05, 0) is 57.8 Å². The summed E-state index contributed by atoms with van der Waals surface area (Å²) < 4.78 is 7.62. The number of morpholine rings is 1. The fraction of sp³-hybridized carbons (Fsp3) is 0.481. The molecule has 2 aliphatic heterocycles. The highest BCUT2D eigenvalue weighted by Gasteiger charge is 2.30. The summed E-state index contributed by atoms with van der Waals surface area (Å²) in [4.78, 5) is 13.2. The third-order valence-corrected chi connectivity index (χ3v) is 7.64. The smallest absolute Gasteiger partial charge is 0.158 e. The molecule has 35 heavy (non-hydrogen) atoms. The largest absolute Gasteiger partial charge is 0.390 e. The summed E-state index contributed by atoms with van der Waals surface area (Å²) in [6.45, 7) is 9.74. The zero-order valence-corrected chi connectivity index (χ0v) is 20.6. The number of anilines is 1. The van der Waals surface area contributed by atoms with E-state index in [9.17, 15) is 5.11 Å². The standard InChI is InChI=1S/C27H34N6O2/c1-27(2,34)19-7-10-31(11-8-19)18-20-16-25-29-24(21-4-3-5-23-22(21)6-9-28-23)17-26(33(25)30-20)32-12-14-35-15-13-32/h3-6,9,16-17,19,28,34H,7-8,10-15,18H2,1-2H3. The summed E-state index contributed by atoms with van der Waals surface area (Å²) in [5, 5.41) is 16.6. The number of likely N-dealkylation sites (tertiary alicyclic amines) is 1.